The largest absolute Gasteiger partial charge is 0.507 e. The number of phenolic OH excluding ortho intramolecular Hbond substituents is 1. The molecule has 4 heteroatoms. The molecule has 1 atom stereocenters. The second-order valence-electron chi connectivity index (χ2n) is 6.00. The molecule has 0 amide bonds. The predicted octanol–water partition coefficient (Wildman–Crippen LogP) is 2.27. The van der Waals surface area contributed by atoms with Crippen LogP contribution in [0.4, 0.5) is 0 Å². The van der Waals surface area contributed by atoms with E-state index in [-0.39, 0.29) is 17.5 Å². The Morgan fingerprint density at radius 1 is 1.23 bits per heavy atom. The minimum atomic E-state index is -0.130. The summed E-state index contributed by atoms with van der Waals surface area (Å²) < 4.78 is 0. The molecule has 22 heavy (non-hydrogen) atoms. The van der Waals surface area contributed by atoms with Gasteiger partial charge >= 0.3 is 0 Å². The topological polar surface area (TPSA) is 52.6 Å². The number of benzene rings is 2. The first-order chi connectivity index (χ1) is 10.7. The Morgan fingerprint density at radius 2 is 1.95 bits per heavy atom. The molecule has 2 N–H and O–H groups in total. The van der Waals surface area contributed by atoms with Crippen molar-refractivity contribution in [1.29, 1.82) is 0 Å². The maximum atomic E-state index is 12.9. The van der Waals surface area contributed by atoms with Gasteiger partial charge in [-0.25, -0.2) is 0 Å². The highest BCUT2D eigenvalue weighted by molar-refractivity contribution is 6.11. The van der Waals surface area contributed by atoms with Crippen molar-refractivity contribution in [1.82, 2.24) is 10.2 Å². The molecule has 3 rings (SSSR count). The Morgan fingerprint density at radius 3 is 2.73 bits per heavy atom. The van der Waals surface area contributed by atoms with E-state index in [1.54, 1.807) is 6.07 Å². The first kappa shape index (κ1) is 15.0. The highest BCUT2D eigenvalue weighted by Gasteiger charge is 2.23. The second kappa shape index (κ2) is 6.46. The van der Waals surface area contributed by atoms with Gasteiger partial charge in [0.1, 0.15) is 5.75 Å². The van der Waals surface area contributed by atoms with Crippen LogP contribution in [0.15, 0.2) is 36.4 Å². The molecule has 0 aliphatic carbocycles. The van der Waals surface area contributed by atoms with E-state index >= 15 is 0 Å². The molecule has 1 fully saturated rings. The van der Waals surface area contributed by atoms with Gasteiger partial charge in [-0.2, -0.15) is 0 Å². The Balaban J connectivity index is 1.86. The lowest BCUT2D eigenvalue weighted by molar-refractivity contribution is 0.0886. The first-order valence-electron chi connectivity index (χ1n) is 7.85. The zero-order chi connectivity index (χ0) is 15.5. The highest BCUT2D eigenvalue weighted by Crippen LogP contribution is 2.29. The number of carbonyl (C=O) groups is 1. The minimum Gasteiger partial charge on any atom is -0.507 e. The van der Waals surface area contributed by atoms with Crippen LogP contribution >= 0.6 is 0 Å². The average molecular weight is 298 g/mol. The van der Waals surface area contributed by atoms with E-state index in [1.807, 2.05) is 37.3 Å². The number of Topliss-reactive ketones (excluding diaryl/α,β-unsaturated/α-hetero) is 1. The van der Waals surface area contributed by atoms with Crippen molar-refractivity contribution >= 4 is 16.6 Å². The van der Waals surface area contributed by atoms with Crippen LogP contribution < -0.4 is 5.32 Å². The summed E-state index contributed by atoms with van der Waals surface area (Å²) in [6.07, 6.45) is 0. The van der Waals surface area contributed by atoms with Crippen molar-refractivity contribution in [3.05, 3.63) is 42.0 Å². The van der Waals surface area contributed by atoms with Gasteiger partial charge in [0.15, 0.2) is 5.78 Å². The van der Waals surface area contributed by atoms with Gasteiger partial charge in [0.25, 0.3) is 0 Å². The van der Waals surface area contributed by atoms with Crippen molar-refractivity contribution in [3.63, 3.8) is 0 Å². The van der Waals surface area contributed by atoms with E-state index in [2.05, 4.69) is 10.2 Å². The lowest BCUT2D eigenvalue weighted by atomic mass is 9.93. The Hall–Kier alpha value is -1.91. The molecule has 1 saturated heterocycles. The maximum Gasteiger partial charge on any atom is 0.171 e. The third kappa shape index (κ3) is 2.98. The summed E-state index contributed by atoms with van der Waals surface area (Å²) >= 11 is 0. The van der Waals surface area contributed by atoms with Crippen molar-refractivity contribution in [3.8, 4) is 5.75 Å². The van der Waals surface area contributed by atoms with E-state index in [0.717, 1.165) is 43.5 Å². The smallest absolute Gasteiger partial charge is 0.171 e. The van der Waals surface area contributed by atoms with Gasteiger partial charge in [-0.1, -0.05) is 37.3 Å². The minimum absolute atomic E-state index is 0.0211. The summed E-state index contributed by atoms with van der Waals surface area (Å²) in [7, 11) is 0. The lowest BCUT2D eigenvalue weighted by Crippen LogP contribution is -2.45. The number of piperazine rings is 1. The number of rotatable bonds is 4. The van der Waals surface area contributed by atoms with Crippen LogP contribution in [0, 0.1) is 5.92 Å². The standard InChI is InChI=1S/C18H22N2O2/c1-13(12-20-10-8-19-9-11-20)18(22)17-15-5-3-2-4-14(15)6-7-16(17)21/h2-7,13,19,21H,8-12H2,1H3. The number of hydrogen-bond acceptors (Lipinski definition) is 4. The number of phenols is 1. The lowest BCUT2D eigenvalue weighted by Gasteiger charge is -2.29. The fourth-order valence-corrected chi connectivity index (χ4v) is 3.13. The summed E-state index contributed by atoms with van der Waals surface area (Å²) in [6.45, 7) is 6.58. The molecule has 116 valence electrons. The van der Waals surface area contributed by atoms with Crippen LogP contribution in [0.3, 0.4) is 0 Å². The fraction of sp³-hybridized carbons (Fsp3) is 0.389. The number of hydrogen-bond donors (Lipinski definition) is 2. The third-order valence-corrected chi connectivity index (χ3v) is 4.34. The number of fused-ring (bicyclic) bond motifs is 1. The predicted molar refractivity (Wildman–Crippen MR) is 88.4 cm³/mol. The van der Waals surface area contributed by atoms with Crippen LogP contribution in [0.25, 0.3) is 10.8 Å². The van der Waals surface area contributed by atoms with Gasteiger partial charge in [0.2, 0.25) is 0 Å². The van der Waals surface area contributed by atoms with E-state index < -0.39 is 0 Å². The number of nitrogens with zero attached hydrogens (tertiary/aromatic N) is 1. The van der Waals surface area contributed by atoms with Gasteiger partial charge in [-0.15, -0.1) is 0 Å². The zero-order valence-corrected chi connectivity index (χ0v) is 12.9. The molecule has 2 aromatic carbocycles. The SMILES string of the molecule is CC(CN1CCNCC1)C(=O)c1c(O)ccc2ccccc12. The van der Waals surface area contributed by atoms with Gasteiger partial charge in [-0.3, -0.25) is 4.79 Å². The fourth-order valence-electron chi connectivity index (χ4n) is 3.13. The third-order valence-electron chi connectivity index (χ3n) is 4.34. The van der Waals surface area contributed by atoms with Gasteiger partial charge in [-0.05, 0) is 16.8 Å². The average Bonchev–Trinajstić information content (AvgIpc) is 2.55. The summed E-state index contributed by atoms with van der Waals surface area (Å²) in [6, 6.07) is 11.2. The number of carbonyl (C=O) groups excluding carboxylic acids is 1. The molecular weight excluding hydrogens is 276 g/mol. The highest BCUT2D eigenvalue weighted by atomic mass is 16.3. The quantitative estimate of drug-likeness (QED) is 0.850. The molecule has 1 aliphatic heterocycles. The van der Waals surface area contributed by atoms with Crippen molar-refractivity contribution in [2.45, 2.75) is 6.92 Å². The van der Waals surface area contributed by atoms with Crippen molar-refractivity contribution in [2.75, 3.05) is 32.7 Å². The Labute approximate surface area is 130 Å². The van der Waals surface area contributed by atoms with Crippen LogP contribution in [-0.4, -0.2) is 48.5 Å². The van der Waals surface area contributed by atoms with Crippen LogP contribution in [0.1, 0.15) is 17.3 Å². The van der Waals surface area contributed by atoms with Crippen molar-refractivity contribution < 1.29 is 9.90 Å². The van der Waals surface area contributed by atoms with Crippen molar-refractivity contribution in [2.24, 2.45) is 5.92 Å². The molecule has 1 heterocycles. The maximum absolute atomic E-state index is 12.9. The summed E-state index contributed by atoms with van der Waals surface area (Å²) in [5.74, 6) is -0.0292. The molecule has 0 bridgehead atoms. The summed E-state index contributed by atoms with van der Waals surface area (Å²) in [5.41, 5.74) is 0.459. The van der Waals surface area contributed by atoms with Crippen LogP contribution in [0.2, 0.25) is 0 Å². The zero-order valence-electron chi connectivity index (χ0n) is 12.9. The molecule has 4 nitrogen and oxygen atoms in total. The second-order valence-corrected chi connectivity index (χ2v) is 6.00. The molecule has 0 aromatic heterocycles. The Kier molecular flexibility index (Phi) is 4.41. The molecular formula is C18H22N2O2. The summed E-state index contributed by atoms with van der Waals surface area (Å²) in [4.78, 5) is 15.2. The van der Waals surface area contributed by atoms with E-state index in [0.29, 0.717) is 5.56 Å². The normalized spacial score (nSPS) is 17.5. The molecule has 2 aromatic rings. The van der Waals surface area contributed by atoms with Gasteiger partial charge in [0, 0.05) is 38.6 Å². The van der Waals surface area contributed by atoms with E-state index in [1.165, 1.54) is 0 Å². The Bertz CT molecular complexity index is 678. The van der Waals surface area contributed by atoms with E-state index in [4.69, 9.17) is 0 Å². The number of nitrogens with one attached hydrogen (secondary N) is 1. The van der Waals surface area contributed by atoms with Crippen LogP contribution in [0.5, 0.6) is 5.75 Å². The molecule has 1 unspecified atom stereocenters. The molecule has 0 spiro atoms. The first-order valence-corrected chi connectivity index (χ1v) is 7.85. The van der Waals surface area contributed by atoms with Gasteiger partial charge < -0.3 is 15.3 Å². The monoisotopic (exact) mass is 298 g/mol. The van der Waals surface area contributed by atoms with Crippen LogP contribution in [-0.2, 0) is 0 Å². The number of ketones is 1. The van der Waals surface area contributed by atoms with Gasteiger partial charge in [0.05, 0.1) is 5.56 Å². The molecule has 0 saturated carbocycles. The summed E-state index contributed by atoms with van der Waals surface area (Å²) in [5, 5.41) is 15.3. The van der Waals surface area contributed by atoms with E-state index in [9.17, 15) is 9.90 Å². The molecule has 1 aliphatic rings. The molecule has 0 radical (unpaired) electrons. The number of aromatic hydroxyl groups is 1.